The Kier molecular flexibility index (Phi) is 8.95. The fourth-order valence-electron chi connectivity index (χ4n) is 0.936. The number of hydrogen-bond donors (Lipinski definition) is 1. The summed E-state index contributed by atoms with van der Waals surface area (Å²) in [5, 5.41) is 3.38. The average molecular weight is 173 g/mol. The molecule has 0 amide bonds. The van der Waals surface area contributed by atoms with Crippen molar-refractivity contribution >= 4 is 0 Å². The van der Waals surface area contributed by atoms with Gasteiger partial charge in [-0.1, -0.05) is 20.8 Å². The summed E-state index contributed by atoms with van der Waals surface area (Å²) in [6.45, 7) is 10.6. The van der Waals surface area contributed by atoms with E-state index < -0.39 is 0 Å². The summed E-state index contributed by atoms with van der Waals surface area (Å²) in [7, 11) is 0. The van der Waals surface area contributed by atoms with Gasteiger partial charge in [0.1, 0.15) is 0 Å². The highest BCUT2D eigenvalue weighted by Crippen LogP contribution is 1.88. The minimum atomic E-state index is 0.751. The van der Waals surface area contributed by atoms with Crippen molar-refractivity contribution in [2.75, 3.05) is 26.3 Å². The lowest BCUT2D eigenvalue weighted by molar-refractivity contribution is 0.132. The lowest BCUT2D eigenvalue weighted by atomic mass is 10.2. The van der Waals surface area contributed by atoms with E-state index in [0.717, 1.165) is 45.1 Å². The van der Waals surface area contributed by atoms with E-state index in [1.807, 2.05) is 0 Å². The van der Waals surface area contributed by atoms with Gasteiger partial charge < -0.3 is 10.1 Å². The molecule has 0 aromatic heterocycles. The summed E-state index contributed by atoms with van der Waals surface area (Å²) >= 11 is 0. The summed E-state index contributed by atoms with van der Waals surface area (Å²) in [5.41, 5.74) is 0. The predicted molar refractivity (Wildman–Crippen MR) is 53.4 cm³/mol. The molecule has 0 saturated carbocycles. The molecule has 1 N–H and O–H groups in total. The van der Waals surface area contributed by atoms with E-state index in [-0.39, 0.29) is 0 Å². The predicted octanol–water partition coefficient (Wildman–Crippen LogP) is 2.05. The van der Waals surface area contributed by atoms with E-state index in [2.05, 4.69) is 26.1 Å². The van der Waals surface area contributed by atoms with Crippen LogP contribution in [-0.2, 0) is 4.74 Å². The van der Waals surface area contributed by atoms with Crippen LogP contribution in [0, 0.1) is 5.92 Å². The third-order valence-corrected chi connectivity index (χ3v) is 1.54. The average Bonchev–Trinajstić information content (AvgIpc) is 2.02. The molecule has 0 unspecified atom stereocenters. The summed E-state index contributed by atoms with van der Waals surface area (Å²) in [6.07, 6.45) is 2.26. The molecule has 0 aliphatic carbocycles. The Balaban J connectivity index is 2.82. The summed E-state index contributed by atoms with van der Waals surface area (Å²) in [6, 6.07) is 0. The van der Waals surface area contributed by atoms with Crippen LogP contribution in [0.15, 0.2) is 0 Å². The molecule has 0 radical (unpaired) electrons. The molecule has 12 heavy (non-hydrogen) atoms. The minimum Gasteiger partial charge on any atom is -0.381 e. The SMILES string of the molecule is CCCOCCCNCC(C)C. The molecule has 0 fully saturated rings. The normalized spacial score (nSPS) is 11.0. The second kappa shape index (κ2) is 9.01. The van der Waals surface area contributed by atoms with Gasteiger partial charge in [0.15, 0.2) is 0 Å². The van der Waals surface area contributed by atoms with Crippen molar-refractivity contribution in [3.05, 3.63) is 0 Å². The molecule has 2 heteroatoms. The fraction of sp³-hybridized carbons (Fsp3) is 1.00. The maximum Gasteiger partial charge on any atom is 0.0478 e. The molecule has 0 aliphatic rings. The number of rotatable bonds is 8. The first-order valence-corrected chi connectivity index (χ1v) is 5.05. The number of nitrogens with one attached hydrogen (secondary N) is 1. The highest BCUT2D eigenvalue weighted by atomic mass is 16.5. The van der Waals surface area contributed by atoms with Crippen LogP contribution in [0.3, 0.4) is 0 Å². The Bertz CT molecular complexity index is 83.9. The molecular weight excluding hydrogens is 150 g/mol. The van der Waals surface area contributed by atoms with Crippen molar-refractivity contribution in [1.82, 2.24) is 5.32 Å². The third kappa shape index (κ3) is 9.92. The van der Waals surface area contributed by atoms with Crippen LogP contribution in [0.2, 0.25) is 0 Å². The monoisotopic (exact) mass is 173 g/mol. The molecule has 0 aromatic rings. The Morgan fingerprint density at radius 1 is 1.25 bits per heavy atom. The molecular formula is C10H23NO. The minimum absolute atomic E-state index is 0.751. The van der Waals surface area contributed by atoms with E-state index in [4.69, 9.17) is 4.74 Å². The van der Waals surface area contributed by atoms with E-state index in [1.165, 1.54) is 0 Å². The van der Waals surface area contributed by atoms with Crippen molar-refractivity contribution < 1.29 is 4.74 Å². The first-order chi connectivity index (χ1) is 5.77. The van der Waals surface area contributed by atoms with Crippen molar-refractivity contribution in [1.29, 1.82) is 0 Å². The molecule has 74 valence electrons. The van der Waals surface area contributed by atoms with Crippen molar-refractivity contribution in [3.63, 3.8) is 0 Å². The van der Waals surface area contributed by atoms with E-state index in [1.54, 1.807) is 0 Å². The first-order valence-electron chi connectivity index (χ1n) is 5.05. The molecule has 0 bridgehead atoms. The third-order valence-electron chi connectivity index (χ3n) is 1.54. The zero-order valence-corrected chi connectivity index (χ0v) is 8.73. The van der Waals surface area contributed by atoms with Crippen molar-refractivity contribution in [2.45, 2.75) is 33.6 Å². The fourth-order valence-corrected chi connectivity index (χ4v) is 0.936. The highest BCUT2D eigenvalue weighted by Gasteiger charge is 1.92. The molecule has 0 rings (SSSR count). The van der Waals surface area contributed by atoms with Gasteiger partial charge in [0.05, 0.1) is 0 Å². The smallest absolute Gasteiger partial charge is 0.0478 e. The van der Waals surface area contributed by atoms with Gasteiger partial charge in [-0.15, -0.1) is 0 Å². The zero-order valence-electron chi connectivity index (χ0n) is 8.73. The molecule has 0 aliphatic heterocycles. The van der Waals surface area contributed by atoms with Crippen LogP contribution in [0.25, 0.3) is 0 Å². The Labute approximate surface area is 76.7 Å². The summed E-state index contributed by atoms with van der Waals surface area (Å²) in [4.78, 5) is 0. The highest BCUT2D eigenvalue weighted by molar-refractivity contribution is 4.50. The van der Waals surface area contributed by atoms with Crippen LogP contribution in [0.4, 0.5) is 0 Å². The Hall–Kier alpha value is -0.0800. The maximum atomic E-state index is 5.35. The van der Waals surface area contributed by atoms with Gasteiger partial charge in [-0.2, -0.15) is 0 Å². The summed E-state index contributed by atoms with van der Waals surface area (Å²) < 4.78 is 5.35. The molecule has 0 aromatic carbocycles. The van der Waals surface area contributed by atoms with Gasteiger partial charge in [0.25, 0.3) is 0 Å². The van der Waals surface area contributed by atoms with Crippen LogP contribution in [0.5, 0.6) is 0 Å². The van der Waals surface area contributed by atoms with Gasteiger partial charge in [-0.25, -0.2) is 0 Å². The van der Waals surface area contributed by atoms with Gasteiger partial charge in [0.2, 0.25) is 0 Å². The second-order valence-corrected chi connectivity index (χ2v) is 3.56. The molecule has 0 saturated heterocycles. The molecule has 0 spiro atoms. The van der Waals surface area contributed by atoms with Crippen LogP contribution in [-0.4, -0.2) is 26.3 Å². The lowest BCUT2D eigenvalue weighted by Crippen LogP contribution is -2.21. The number of ether oxygens (including phenoxy) is 1. The topological polar surface area (TPSA) is 21.3 Å². The maximum absolute atomic E-state index is 5.35. The van der Waals surface area contributed by atoms with E-state index in [0.29, 0.717) is 0 Å². The van der Waals surface area contributed by atoms with Gasteiger partial charge in [-0.05, 0) is 31.8 Å². The zero-order chi connectivity index (χ0) is 9.23. The van der Waals surface area contributed by atoms with Crippen LogP contribution in [0.1, 0.15) is 33.6 Å². The number of hydrogen-bond acceptors (Lipinski definition) is 2. The Morgan fingerprint density at radius 3 is 2.58 bits per heavy atom. The Morgan fingerprint density at radius 2 is 2.00 bits per heavy atom. The second-order valence-electron chi connectivity index (χ2n) is 3.56. The van der Waals surface area contributed by atoms with Crippen molar-refractivity contribution in [2.24, 2.45) is 5.92 Å². The lowest BCUT2D eigenvalue weighted by Gasteiger charge is -2.07. The quantitative estimate of drug-likeness (QED) is 0.567. The molecule has 0 heterocycles. The van der Waals surface area contributed by atoms with Gasteiger partial charge >= 0.3 is 0 Å². The molecule has 2 nitrogen and oxygen atoms in total. The van der Waals surface area contributed by atoms with Gasteiger partial charge in [-0.3, -0.25) is 0 Å². The molecule has 0 atom stereocenters. The van der Waals surface area contributed by atoms with Gasteiger partial charge in [0, 0.05) is 13.2 Å². The summed E-state index contributed by atoms with van der Waals surface area (Å²) in [5.74, 6) is 0.751. The van der Waals surface area contributed by atoms with E-state index in [9.17, 15) is 0 Å². The first kappa shape index (κ1) is 11.9. The van der Waals surface area contributed by atoms with E-state index >= 15 is 0 Å². The largest absolute Gasteiger partial charge is 0.381 e. The van der Waals surface area contributed by atoms with Crippen LogP contribution >= 0.6 is 0 Å². The standard InChI is InChI=1S/C10H23NO/c1-4-7-12-8-5-6-11-9-10(2)3/h10-11H,4-9H2,1-3H3. The van der Waals surface area contributed by atoms with Crippen molar-refractivity contribution in [3.8, 4) is 0 Å². The van der Waals surface area contributed by atoms with Crippen LogP contribution < -0.4 is 5.32 Å².